The van der Waals surface area contributed by atoms with Gasteiger partial charge in [0.05, 0.1) is 32.7 Å². The highest BCUT2D eigenvalue weighted by Gasteiger charge is 2.24. The SMILES string of the molecule is [2H]C(O)(CC(=O)O)C([2H])([2H])[N+](CC(=O)CCCCCCCCC)(C([2H])([2H])[2H])C([2H])([2H])[2H]. The number of aliphatic hydroxyl groups is 1. The molecule has 0 aromatic carbocycles. The van der Waals surface area contributed by atoms with E-state index in [2.05, 4.69) is 6.92 Å². The van der Waals surface area contributed by atoms with Crippen molar-refractivity contribution in [2.24, 2.45) is 0 Å². The standard InChI is InChI=1S/C17H33NO4/c1-4-5-6-7-8-9-10-11-15(19)13-18(2,3)14-16(20)12-17(21)22/h16,20H,4-14H2,1-3H3/p+1/i2D3,3D3,14D2,16D. The number of aliphatic carboxylic acids is 1. The van der Waals surface area contributed by atoms with Gasteiger partial charge in [-0.2, -0.15) is 0 Å². The number of quaternary nitrogens is 1. The molecule has 0 rings (SSSR count). The van der Waals surface area contributed by atoms with E-state index in [1.165, 1.54) is 0 Å². The Hall–Kier alpha value is -0.940. The fourth-order valence-corrected chi connectivity index (χ4v) is 2.07. The smallest absolute Gasteiger partial charge is 0.306 e. The van der Waals surface area contributed by atoms with Gasteiger partial charge in [-0.05, 0) is 6.42 Å². The van der Waals surface area contributed by atoms with Crippen LogP contribution in [0.3, 0.4) is 0 Å². The molecule has 0 aliphatic carbocycles. The number of hydrogen-bond acceptors (Lipinski definition) is 3. The molecule has 0 saturated heterocycles. The van der Waals surface area contributed by atoms with Crippen molar-refractivity contribution in [3.63, 3.8) is 0 Å². The van der Waals surface area contributed by atoms with Gasteiger partial charge in [0.2, 0.25) is 0 Å². The van der Waals surface area contributed by atoms with Crippen LogP contribution in [0.15, 0.2) is 0 Å². The molecular weight excluding hydrogens is 282 g/mol. The maximum atomic E-state index is 12.5. The number of nitrogens with zero attached hydrogens (tertiary/aromatic N) is 1. The van der Waals surface area contributed by atoms with Gasteiger partial charge in [0.25, 0.3) is 0 Å². The second-order valence-corrected chi connectivity index (χ2v) is 5.51. The minimum atomic E-state index is -3.84. The molecule has 1 atom stereocenters. The Morgan fingerprint density at radius 2 is 1.77 bits per heavy atom. The van der Waals surface area contributed by atoms with Gasteiger partial charge < -0.3 is 14.7 Å². The quantitative estimate of drug-likeness (QED) is 0.380. The van der Waals surface area contributed by atoms with E-state index in [9.17, 15) is 14.7 Å². The van der Waals surface area contributed by atoms with Crippen LogP contribution in [-0.2, 0) is 9.59 Å². The van der Waals surface area contributed by atoms with E-state index < -0.39 is 55.7 Å². The lowest BCUT2D eigenvalue weighted by Gasteiger charge is -2.30. The van der Waals surface area contributed by atoms with E-state index >= 15 is 0 Å². The molecule has 0 bridgehead atoms. The first-order chi connectivity index (χ1) is 13.9. The summed E-state index contributed by atoms with van der Waals surface area (Å²) in [5.74, 6) is -2.68. The molecule has 0 aliphatic rings. The fourth-order valence-electron chi connectivity index (χ4n) is 2.07. The molecule has 5 heteroatoms. The van der Waals surface area contributed by atoms with Gasteiger partial charge in [-0.3, -0.25) is 9.59 Å². The van der Waals surface area contributed by atoms with Crippen LogP contribution in [-0.4, -0.2) is 59.5 Å². The third-order valence-corrected chi connectivity index (χ3v) is 3.11. The van der Waals surface area contributed by atoms with Crippen molar-refractivity contribution in [1.82, 2.24) is 0 Å². The summed E-state index contributed by atoms with van der Waals surface area (Å²) < 4.78 is 67.7. The Balaban J connectivity index is 5.79. The minimum absolute atomic E-state index is 0.189. The van der Waals surface area contributed by atoms with Crippen molar-refractivity contribution in [2.45, 2.75) is 70.8 Å². The Labute approximate surface area is 147 Å². The van der Waals surface area contributed by atoms with E-state index in [1.54, 1.807) is 0 Å². The van der Waals surface area contributed by atoms with Gasteiger partial charge in [0.15, 0.2) is 5.78 Å². The molecule has 0 saturated carbocycles. The molecule has 0 aromatic heterocycles. The second kappa shape index (κ2) is 11.6. The van der Waals surface area contributed by atoms with Crippen LogP contribution in [0, 0.1) is 0 Å². The summed E-state index contributed by atoms with van der Waals surface area (Å²) in [6.07, 6.45) is 0.668. The number of unbranched alkanes of at least 4 members (excludes halogenated alkanes) is 6. The molecule has 1 unspecified atom stereocenters. The summed E-state index contributed by atoms with van der Waals surface area (Å²) in [6, 6.07) is 0. The highest BCUT2D eigenvalue weighted by Crippen LogP contribution is 2.10. The molecule has 5 nitrogen and oxygen atoms in total. The lowest BCUT2D eigenvalue weighted by Crippen LogP contribution is -2.48. The monoisotopic (exact) mass is 325 g/mol. The average molecular weight is 326 g/mol. The van der Waals surface area contributed by atoms with Gasteiger partial charge in [0, 0.05) is 6.42 Å². The number of ketones is 1. The van der Waals surface area contributed by atoms with E-state index in [0.717, 1.165) is 32.1 Å². The summed E-state index contributed by atoms with van der Waals surface area (Å²) in [7, 11) is 0. The first-order valence-electron chi connectivity index (χ1n) is 12.2. The first kappa shape index (κ1) is 10.0. The summed E-state index contributed by atoms with van der Waals surface area (Å²) in [5, 5.41) is 19.1. The Kier molecular flexibility index (Phi) is 5.29. The van der Waals surface area contributed by atoms with Gasteiger partial charge >= 0.3 is 5.97 Å². The van der Waals surface area contributed by atoms with Crippen LogP contribution in [0.5, 0.6) is 0 Å². The molecule has 0 spiro atoms. The zero-order valence-corrected chi connectivity index (χ0v) is 13.2. The van der Waals surface area contributed by atoms with Gasteiger partial charge in [0.1, 0.15) is 19.1 Å². The Morgan fingerprint density at radius 1 is 1.18 bits per heavy atom. The Morgan fingerprint density at radius 3 is 2.32 bits per heavy atom. The molecular formula is C17H34NO4+. The van der Waals surface area contributed by atoms with E-state index in [-0.39, 0.29) is 6.42 Å². The van der Waals surface area contributed by atoms with Crippen LogP contribution in [0.2, 0.25) is 0 Å². The second-order valence-electron chi connectivity index (χ2n) is 5.51. The molecule has 0 fully saturated rings. The van der Waals surface area contributed by atoms with Crippen LogP contribution in [0.4, 0.5) is 0 Å². The summed E-state index contributed by atoms with van der Waals surface area (Å²) in [4.78, 5) is 23.5. The molecule has 130 valence electrons. The van der Waals surface area contributed by atoms with E-state index in [0.29, 0.717) is 12.8 Å². The van der Waals surface area contributed by atoms with Crippen molar-refractivity contribution < 1.29 is 36.6 Å². The number of carbonyl (C=O) groups excluding carboxylic acids is 1. The predicted octanol–water partition coefficient (Wildman–Crippen LogP) is 2.61. The summed E-state index contributed by atoms with van der Waals surface area (Å²) in [5.41, 5.74) is 0. The van der Waals surface area contributed by atoms with Crippen molar-refractivity contribution in [3.05, 3.63) is 0 Å². The molecule has 2 N–H and O–H groups in total. The highest BCUT2D eigenvalue weighted by atomic mass is 16.4. The number of hydrogen-bond donors (Lipinski definition) is 2. The zero-order valence-electron chi connectivity index (χ0n) is 22.2. The van der Waals surface area contributed by atoms with Crippen LogP contribution in [0.25, 0.3) is 0 Å². The van der Waals surface area contributed by atoms with Crippen molar-refractivity contribution in [3.8, 4) is 0 Å². The molecule has 22 heavy (non-hydrogen) atoms. The third kappa shape index (κ3) is 12.8. The fraction of sp³-hybridized carbons (Fsp3) is 0.882. The van der Waals surface area contributed by atoms with E-state index in [4.69, 9.17) is 17.4 Å². The zero-order chi connectivity index (χ0) is 24.7. The van der Waals surface area contributed by atoms with Crippen LogP contribution >= 0.6 is 0 Å². The van der Waals surface area contributed by atoms with Crippen LogP contribution < -0.4 is 0 Å². The average Bonchev–Trinajstić information content (AvgIpc) is 2.55. The highest BCUT2D eigenvalue weighted by molar-refractivity contribution is 5.79. The number of Topliss-reactive ketones (excluding diaryl/α,β-unsaturated/α-hetero) is 1. The van der Waals surface area contributed by atoms with Gasteiger partial charge in [-0.15, -0.1) is 0 Å². The summed E-state index contributed by atoms with van der Waals surface area (Å²) in [6.45, 7) is -10.5. The first-order valence-corrected chi connectivity index (χ1v) is 7.71. The minimum Gasteiger partial charge on any atom is -0.481 e. The number of carboxylic acid groups (broad SMARTS) is 1. The van der Waals surface area contributed by atoms with Crippen molar-refractivity contribution >= 4 is 11.8 Å². The van der Waals surface area contributed by atoms with Crippen molar-refractivity contribution in [1.29, 1.82) is 0 Å². The molecule has 0 aromatic rings. The third-order valence-electron chi connectivity index (χ3n) is 3.11. The largest absolute Gasteiger partial charge is 0.481 e. The number of carboxylic acids is 1. The van der Waals surface area contributed by atoms with Gasteiger partial charge in [-0.1, -0.05) is 45.4 Å². The lowest BCUT2D eigenvalue weighted by molar-refractivity contribution is -0.885. The number of likely N-dealkylation sites (N-methyl/N-ethyl adjacent to an activating group) is 1. The molecule has 0 radical (unpaired) electrons. The maximum absolute atomic E-state index is 12.5. The Bertz CT molecular complexity index is 589. The predicted molar refractivity (Wildman–Crippen MR) is 87.7 cm³/mol. The number of rotatable bonds is 14. The summed E-state index contributed by atoms with van der Waals surface area (Å²) >= 11 is 0. The maximum Gasteiger partial charge on any atom is 0.306 e. The molecule has 0 amide bonds. The molecule has 0 aliphatic heterocycles. The number of carbonyl (C=O) groups is 2. The van der Waals surface area contributed by atoms with Gasteiger partial charge in [-0.25, -0.2) is 0 Å². The van der Waals surface area contributed by atoms with Crippen molar-refractivity contribution in [2.75, 3.05) is 27.0 Å². The molecule has 0 heterocycles. The van der Waals surface area contributed by atoms with Crippen LogP contribution in [0.1, 0.15) is 77.0 Å². The lowest BCUT2D eigenvalue weighted by atomic mass is 10.1. The normalized spacial score (nSPS) is 22.4. The van der Waals surface area contributed by atoms with E-state index in [1.807, 2.05) is 0 Å². The topological polar surface area (TPSA) is 74.6 Å².